The van der Waals surface area contributed by atoms with Gasteiger partial charge in [-0.15, -0.1) is 0 Å². The molecule has 2 rings (SSSR count). The van der Waals surface area contributed by atoms with Crippen LogP contribution >= 0.6 is 0 Å². The van der Waals surface area contributed by atoms with E-state index in [1.807, 2.05) is 0 Å². The quantitative estimate of drug-likeness (QED) is 0.704. The lowest BCUT2D eigenvalue weighted by Crippen LogP contribution is -2.35. The van der Waals surface area contributed by atoms with E-state index < -0.39 is 0 Å². The van der Waals surface area contributed by atoms with Gasteiger partial charge in [0.1, 0.15) is 22.8 Å². The molecule has 7 heteroatoms. The van der Waals surface area contributed by atoms with E-state index in [1.165, 1.54) is 14.2 Å². The lowest BCUT2D eigenvalue weighted by molar-refractivity contribution is 0.0924. The maximum absolute atomic E-state index is 12.4. The Balaban J connectivity index is 1.90. The zero-order valence-electron chi connectivity index (χ0n) is 15.0. The minimum Gasteiger partial charge on any atom is -0.497 e. The molecule has 2 aromatic carbocycles. The van der Waals surface area contributed by atoms with Gasteiger partial charge in [0.05, 0.1) is 21.3 Å². The minimum atomic E-state index is -0.338. The van der Waals surface area contributed by atoms with Gasteiger partial charge in [-0.2, -0.15) is 0 Å². The predicted octanol–water partition coefficient (Wildman–Crippen LogP) is 1.87. The normalized spacial score (nSPS) is 9.96. The summed E-state index contributed by atoms with van der Waals surface area (Å²) in [6.07, 6.45) is 0. The van der Waals surface area contributed by atoms with Crippen LogP contribution in [0.4, 0.5) is 0 Å². The Kier molecular flexibility index (Phi) is 6.84. The summed E-state index contributed by atoms with van der Waals surface area (Å²) in [4.78, 5) is 24.5. The topological polar surface area (TPSA) is 85.9 Å². The minimum absolute atomic E-state index is 0.243. The molecule has 26 heavy (non-hydrogen) atoms. The molecule has 0 aliphatic heterocycles. The van der Waals surface area contributed by atoms with Crippen LogP contribution in [0.15, 0.2) is 42.5 Å². The van der Waals surface area contributed by atoms with E-state index in [9.17, 15) is 9.59 Å². The van der Waals surface area contributed by atoms with Gasteiger partial charge in [-0.3, -0.25) is 9.59 Å². The van der Waals surface area contributed by atoms with Crippen LogP contribution in [0.3, 0.4) is 0 Å². The average molecular weight is 358 g/mol. The third kappa shape index (κ3) is 4.66. The van der Waals surface area contributed by atoms with Gasteiger partial charge in [0.25, 0.3) is 11.8 Å². The Morgan fingerprint density at radius 1 is 0.808 bits per heavy atom. The van der Waals surface area contributed by atoms with Crippen LogP contribution in [0.25, 0.3) is 0 Å². The largest absolute Gasteiger partial charge is 0.497 e. The molecule has 0 unspecified atom stereocenters. The molecule has 138 valence electrons. The van der Waals surface area contributed by atoms with Crippen LogP contribution in [0.2, 0.25) is 0 Å². The molecular formula is C19H22N2O5. The van der Waals surface area contributed by atoms with Crippen LogP contribution in [-0.2, 0) is 0 Å². The number of hydrogen-bond donors (Lipinski definition) is 2. The van der Waals surface area contributed by atoms with Crippen molar-refractivity contribution in [2.75, 3.05) is 34.4 Å². The second-order valence-corrected chi connectivity index (χ2v) is 5.28. The molecular weight excluding hydrogens is 336 g/mol. The lowest BCUT2D eigenvalue weighted by Gasteiger charge is -2.13. The van der Waals surface area contributed by atoms with Gasteiger partial charge in [0.15, 0.2) is 0 Å². The molecule has 0 aliphatic rings. The zero-order chi connectivity index (χ0) is 18.9. The summed E-state index contributed by atoms with van der Waals surface area (Å²) < 4.78 is 15.5. The molecule has 0 bridgehead atoms. The number of carbonyl (C=O) groups is 2. The average Bonchev–Trinajstić information content (AvgIpc) is 2.70. The third-order valence-corrected chi connectivity index (χ3v) is 3.68. The predicted molar refractivity (Wildman–Crippen MR) is 97.2 cm³/mol. The number of benzene rings is 2. The van der Waals surface area contributed by atoms with Gasteiger partial charge in [-0.25, -0.2) is 0 Å². The second kappa shape index (κ2) is 9.31. The van der Waals surface area contributed by atoms with Crippen LogP contribution in [0, 0.1) is 0 Å². The highest BCUT2D eigenvalue weighted by molar-refractivity contribution is 5.99. The van der Waals surface area contributed by atoms with Gasteiger partial charge >= 0.3 is 0 Å². The highest BCUT2D eigenvalue weighted by Gasteiger charge is 2.17. The first-order valence-corrected chi connectivity index (χ1v) is 8.02. The molecule has 0 fully saturated rings. The van der Waals surface area contributed by atoms with Crippen molar-refractivity contribution in [2.45, 2.75) is 0 Å². The van der Waals surface area contributed by atoms with Crippen LogP contribution in [0.5, 0.6) is 17.2 Å². The van der Waals surface area contributed by atoms with Gasteiger partial charge in [0, 0.05) is 18.7 Å². The summed E-state index contributed by atoms with van der Waals surface area (Å²) in [7, 11) is 4.51. The van der Waals surface area contributed by atoms with Crippen molar-refractivity contribution in [3.05, 3.63) is 53.6 Å². The van der Waals surface area contributed by atoms with E-state index in [2.05, 4.69) is 10.6 Å². The number of ether oxygens (including phenoxy) is 3. The molecule has 0 saturated heterocycles. The number of amides is 2. The standard InChI is InChI=1S/C19H22N2O5/c1-24-14-7-4-6-13(12-14)18(22)20-10-11-21-19(23)17-15(25-2)8-5-9-16(17)26-3/h4-9,12H,10-11H2,1-3H3,(H,20,22)(H,21,23). The fraction of sp³-hybridized carbons (Fsp3) is 0.263. The maximum atomic E-state index is 12.4. The van der Waals surface area contributed by atoms with Crippen molar-refractivity contribution in [2.24, 2.45) is 0 Å². The molecule has 2 amide bonds. The molecule has 0 radical (unpaired) electrons. The second-order valence-electron chi connectivity index (χ2n) is 5.28. The molecule has 2 aromatic rings. The van der Waals surface area contributed by atoms with Gasteiger partial charge in [-0.05, 0) is 30.3 Å². The van der Waals surface area contributed by atoms with Crippen molar-refractivity contribution in [1.82, 2.24) is 10.6 Å². The first-order chi connectivity index (χ1) is 12.6. The Labute approximate surface area is 152 Å². The molecule has 0 atom stereocenters. The van der Waals surface area contributed by atoms with Crippen molar-refractivity contribution < 1.29 is 23.8 Å². The van der Waals surface area contributed by atoms with E-state index >= 15 is 0 Å². The van der Waals surface area contributed by atoms with Crippen molar-refractivity contribution >= 4 is 11.8 Å². The Morgan fingerprint density at radius 3 is 1.96 bits per heavy atom. The van der Waals surface area contributed by atoms with Gasteiger partial charge in [-0.1, -0.05) is 12.1 Å². The molecule has 0 aliphatic carbocycles. The SMILES string of the molecule is COc1cccc(C(=O)NCCNC(=O)c2c(OC)cccc2OC)c1. The molecule has 0 aromatic heterocycles. The number of methoxy groups -OCH3 is 3. The van der Waals surface area contributed by atoms with Crippen molar-refractivity contribution in [3.63, 3.8) is 0 Å². The molecule has 0 saturated carbocycles. The van der Waals surface area contributed by atoms with Gasteiger partial charge < -0.3 is 24.8 Å². The van der Waals surface area contributed by atoms with Crippen molar-refractivity contribution in [1.29, 1.82) is 0 Å². The summed E-state index contributed by atoms with van der Waals surface area (Å²) in [5, 5.41) is 5.48. The van der Waals surface area contributed by atoms with E-state index in [0.29, 0.717) is 28.4 Å². The van der Waals surface area contributed by atoms with Crippen LogP contribution in [0.1, 0.15) is 20.7 Å². The highest BCUT2D eigenvalue weighted by Crippen LogP contribution is 2.27. The smallest absolute Gasteiger partial charge is 0.258 e. The summed E-state index contributed by atoms with van der Waals surface area (Å²) >= 11 is 0. The summed E-state index contributed by atoms with van der Waals surface area (Å²) in [5.74, 6) is 0.863. The third-order valence-electron chi connectivity index (χ3n) is 3.68. The number of nitrogens with one attached hydrogen (secondary N) is 2. The summed E-state index contributed by atoms with van der Waals surface area (Å²) in [5.41, 5.74) is 0.804. The first-order valence-electron chi connectivity index (χ1n) is 8.02. The number of carbonyl (C=O) groups excluding carboxylic acids is 2. The fourth-order valence-corrected chi connectivity index (χ4v) is 2.38. The van der Waals surface area contributed by atoms with Crippen LogP contribution < -0.4 is 24.8 Å². The van der Waals surface area contributed by atoms with E-state index in [0.717, 1.165) is 0 Å². The van der Waals surface area contributed by atoms with E-state index in [1.54, 1.807) is 49.6 Å². The Hall–Kier alpha value is -3.22. The molecule has 7 nitrogen and oxygen atoms in total. The zero-order valence-corrected chi connectivity index (χ0v) is 15.0. The Bertz CT molecular complexity index is 754. The fourth-order valence-electron chi connectivity index (χ4n) is 2.38. The first kappa shape index (κ1) is 19.1. The van der Waals surface area contributed by atoms with Crippen molar-refractivity contribution in [3.8, 4) is 17.2 Å². The summed E-state index contributed by atoms with van der Waals surface area (Å²) in [6.45, 7) is 0.537. The van der Waals surface area contributed by atoms with E-state index in [-0.39, 0.29) is 24.9 Å². The molecule has 0 heterocycles. The lowest BCUT2D eigenvalue weighted by atomic mass is 10.1. The van der Waals surface area contributed by atoms with E-state index in [4.69, 9.17) is 14.2 Å². The Morgan fingerprint density at radius 2 is 1.38 bits per heavy atom. The summed E-state index contributed by atoms with van der Waals surface area (Å²) in [6, 6.07) is 11.9. The molecule has 0 spiro atoms. The highest BCUT2D eigenvalue weighted by atomic mass is 16.5. The number of rotatable bonds is 8. The number of hydrogen-bond acceptors (Lipinski definition) is 5. The van der Waals surface area contributed by atoms with Crippen LogP contribution in [-0.4, -0.2) is 46.2 Å². The molecule has 2 N–H and O–H groups in total. The van der Waals surface area contributed by atoms with Gasteiger partial charge in [0.2, 0.25) is 0 Å². The maximum Gasteiger partial charge on any atom is 0.258 e. The monoisotopic (exact) mass is 358 g/mol.